The highest BCUT2D eigenvalue weighted by Gasteiger charge is 2.08. The molecular weight excluding hydrogens is 314 g/mol. The van der Waals surface area contributed by atoms with Gasteiger partial charge >= 0.3 is 0 Å². The van der Waals surface area contributed by atoms with E-state index < -0.39 is 5.82 Å². The SMILES string of the molecule is N#Cc1c(F)cccc1NCc1cc(Br)ccc1F. The number of benzene rings is 2. The molecule has 2 aromatic rings. The van der Waals surface area contributed by atoms with E-state index in [4.69, 9.17) is 5.26 Å². The van der Waals surface area contributed by atoms with Crippen LogP contribution in [0.2, 0.25) is 0 Å². The number of anilines is 1. The highest BCUT2D eigenvalue weighted by molar-refractivity contribution is 9.10. The molecule has 0 amide bonds. The molecule has 2 rings (SSSR count). The number of nitrogens with one attached hydrogen (secondary N) is 1. The summed E-state index contributed by atoms with van der Waals surface area (Å²) in [5.41, 5.74) is 0.710. The van der Waals surface area contributed by atoms with Gasteiger partial charge in [0.2, 0.25) is 0 Å². The third-order valence-corrected chi connectivity index (χ3v) is 3.10. The van der Waals surface area contributed by atoms with E-state index in [2.05, 4.69) is 21.2 Å². The maximum Gasteiger partial charge on any atom is 0.143 e. The van der Waals surface area contributed by atoms with Crippen molar-refractivity contribution in [1.82, 2.24) is 0 Å². The van der Waals surface area contributed by atoms with Crippen LogP contribution in [-0.4, -0.2) is 0 Å². The van der Waals surface area contributed by atoms with Crippen LogP contribution in [-0.2, 0) is 6.54 Å². The first kappa shape index (κ1) is 13.5. The minimum Gasteiger partial charge on any atom is -0.380 e. The maximum absolute atomic E-state index is 13.5. The third kappa shape index (κ3) is 3.09. The van der Waals surface area contributed by atoms with Crippen molar-refractivity contribution in [2.24, 2.45) is 0 Å². The first-order chi connectivity index (χ1) is 9.11. The largest absolute Gasteiger partial charge is 0.380 e. The molecule has 0 saturated heterocycles. The van der Waals surface area contributed by atoms with Gasteiger partial charge in [-0.1, -0.05) is 22.0 Å². The van der Waals surface area contributed by atoms with Gasteiger partial charge in [-0.25, -0.2) is 8.78 Å². The van der Waals surface area contributed by atoms with E-state index in [1.165, 1.54) is 18.2 Å². The van der Waals surface area contributed by atoms with Crippen molar-refractivity contribution < 1.29 is 8.78 Å². The van der Waals surface area contributed by atoms with Crippen molar-refractivity contribution in [2.45, 2.75) is 6.54 Å². The maximum atomic E-state index is 13.5. The molecule has 0 aliphatic heterocycles. The Labute approximate surface area is 117 Å². The van der Waals surface area contributed by atoms with E-state index >= 15 is 0 Å². The number of hydrogen-bond acceptors (Lipinski definition) is 2. The van der Waals surface area contributed by atoms with Crippen LogP contribution in [0.3, 0.4) is 0 Å². The van der Waals surface area contributed by atoms with Crippen LogP contribution in [0, 0.1) is 23.0 Å². The average molecular weight is 323 g/mol. The van der Waals surface area contributed by atoms with Crippen molar-refractivity contribution >= 4 is 21.6 Å². The van der Waals surface area contributed by atoms with Crippen LogP contribution >= 0.6 is 15.9 Å². The van der Waals surface area contributed by atoms with Gasteiger partial charge in [0, 0.05) is 16.6 Å². The molecule has 2 aromatic carbocycles. The van der Waals surface area contributed by atoms with Gasteiger partial charge in [-0.2, -0.15) is 5.26 Å². The monoisotopic (exact) mass is 322 g/mol. The highest BCUT2D eigenvalue weighted by Crippen LogP contribution is 2.20. The lowest BCUT2D eigenvalue weighted by Gasteiger charge is -2.09. The standard InChI is InChI=1S/C14H9BrF2N2/c15-10-4-5-12(16)9(6-10)8-19-14-3-1-2-13(17)11(14)7-18/h1-6,19H,8H2. The third-order valence-electron chi connectivity index (χ3n) is 2.60. The fourth-order valence-electron chi connectivity index (χ4n) is 1.65. The van der Waals surface area contributed by atoms with Crippen LogP contribution in [0.15, 0.2) is 40.9 Å². The average Bonchev–Trinajstić information content (AvgIpc) is 2.40. The molecule has 0 atom stereocenters. The quantitative estimate of drug-likeness (QED) is 0.918. The molecule has 19 heavy (non-hydrogen) atoms. The molecule has 0 bridgehead atoms. The summed E-state index contributed by atoms with van der Waals surface area (Å²) < 4.78 is 27.7. The topological polar surface area (TPSA) is 35.8 Å². The van der Waals surface area contributed by atoms with Crippen molar-refractivity contribution in [3.05, 3.63) is 63.6 Å². The minimum atomic E-state index is -0.595. The smallest absolute Gasteiger partial charge is 0.143 e. The van der Waals surface area contributed by atoms with Crippen molar-refractivity contribution in [1.29, 1.82) is 5.26 Å². The molecule has 5 heteroatoms. The second kappa shape index (κ2) is 5.81. The van der Waals surface area contributed by atoms with Gasteiger partial charge in [-0.05, 0) is 30.3 Å². The van der Waals surface area contributed by atoms with E-state index in [-0.39, 0.29) is 17.9 Å². The zero-order chi connectivity index (χ0) is 13.8. The van der Waals surface area contributed by atoms with Gasteiger partial charge in [0.25, 0.3) is 0 Å². The lowest BCUT2D eigenvalue weighted by atomic mass is 10.1. The molecule has 0 unspecified atom stereocenters. The summed E-state index contributed by atoms with van der Waals surface area (Å²) >= 11 is 3.26. The van der Waals surface area contributed by atoms with Gasteiger partial charge in [-0.3, -0.25) is 0 Å². The molecule has 96 valence electrons. The van der Waals surface area contributed by atoms with Crippen molar-refractivity contribution in [3.8, 4) is 6.07 Å². The first-order valence-electron chi connectivity index (χ1n) is 5.48. The van der Waals surface area contributed by atoms with Gasteiger partial charge in [-0.15, -0.1) is 0 Å². The molecule has 0 radical (unpaired) electrons. The Morgan fingerprint density at radius 2 is 1.95 bits per heavy atom. The molecule has 1 N–H and O–H groups in total. The Kier molecular flexibility index (Phi) is 4.13. The molecule has 0 aromatic heterocycles. The first-order valence-corrected chi connectivity index (χ1v) is 6.27. The van der Waals surface area contributed by atoms with E-state index in [1.54, 1.807) is 24.3 Å². The Morgan fingerprint density at radius 1 is 1.16 bits per heavy atom. The Bertz CT molecular complexity index is 650. The number of rotatable bonds is 3. The fraction of sp³-hybridized carbons (Fsp3) is 0.0714. The summed E-state index contributed by atoms with van der Waals surface area (Å²) in [5.74, 6) is -0.951. The highest BCUT2D eigenvalue weighted by atomic mass is 79.9. The summed E-state index contributed by atoms with van der Waals surface area (Å²) in [6, 6.07) is 10.7. The number of halogens is 3. The summed E-state index contributed by atoms with van der Waals surface area (Å²) in [6.45, 7) is 0.170. The Morgan fingerprint density at radius 3 is 2.68 bits per heavy atom. The molecule has 0 aliphatic carbocycles. The second-order valence-electron chi connectivity index (χ2n) is 3.86. The lowest BCUT2D eigenvalue weighted by Crippen LogP contribution is -2.04. The summed E-state index contributed by atoms with van der Waals surface area (Å²) in [5, 5.41) is 11.7. The van der Waals surface area contributed by atoms with E-state index in [0.717, 1.165) is 4.47 Å². The van der Waals surface area contributed by atoms with Crippen LogP contribution in [0.4, 0.5) is 14.5 Å². The molecule has 0 aliphatic rings. The zero-order valence-electron chi connectivity index (χ0n) is 9.75. The van der Waals surface area contributed by atoms with Crippen molar-refractivity contribution in [2.75, 3.05) is 5.32 Å². The summed E-state index contributed by atoms with van der Waals surface area (Å²) in [7, 11) is 0. The molecule has 0 saturated carbocycles. The number of nitrogens with zero attached hydrogens (tertiary/aromatic N) is 1. The van der Waals surface area contributed by atoms with Gasteiger partial charge in [0.05, 0.1) is 5.69 Å². The number of hydrogen-bond donors (Lipinski definition) is 1. The van der Waals surface area contributed by atoms with E-state index in [1.807, 2.05) is 0 Å². The van der Waals surface area contributed by atoms with Crippen LogP contribution in [0.5, 0.6) is 0 Å². The predicted octanol–water partition coefficient (Wildman–Crippen LogP) is 4.21. The van der Waals surface area contributed by atoms with Crippen molar-refractivity contribution in [3.63, 3.8) is 0 Å². The van der Waals surface area contributed by atoms with Crippen LogP contribution < -0.4 is 5.32 Å². The molecular formula is C14H9BrF2N2. The van der Waals surface area contributed by atoms with E-state index in [9.17, 15) is 8.78 Å². The van der Waals surface area contributed by atoms with Crippen LogP contribution in [0.25, 0.3) is 0 Å². The predicted molar refractivity (Wildman–Crippen MR) is 72.5 cm³/mol. The van der Waals surface area contributed by atoms with Crippen LogP contribution in [0.1, 0.15) is 11.1 Å². The molecule has 2 nitrogen and oxygen atoms in total. The summed E-state index contributed by atoms with van der Waals surface area (Å²) in [4.78, 5) is 0. The lowest BCUT2D eigenvalue weighted by molar-refractivity contribution is 0.612. The second-order valence-corrected chi connectivity index (χ2v) is 4.78. The Hall–Kier alpha value is -1.93. The molecule has 0 heterocycles. The number of nitriles is 1. The Balaban J connectivity index is 2.22. The fourth-order valence-corrected chi connectivity index (χ4v) is 2.06. The zero-order valence-corrected chi connectivity index (χ0v) is 11.3. The summed E-state index contributed by atoms with van der Waals surface area (Å²) in [6.07, 6.45) is 0. The normalized spacial score (nSPS) is 10.0. The van der Waals surface area contributed by atoms with Gasteiger partial charge in [0.1, 0.15) is 23.3 Å². The van der Waals surface area contributed by atoms with Gasteiger partial charge in [0.15, 0.2) is 0 Å². The minimum absolute atomic E-state index is 0.0714. The van der Waals surface area contributed by atoms with Gasteiger partial charge < -0.3 is 5.32 Å². The van der Waals surface area contributed by atoms with E-state index in [0.29, 0.717) is 11.3 Å². The molecule has 0 fully saturated rings. The molecule has 0 spiro atoms.